The molecule has 0 spiro atoms. The normalized spacial score (nSPS) is 11.0. The van der Waals surface area contributed by atoms with Crippen LogP contribution < -0.4 is 15.0 Å². The molecule has 0 aliphatic carbocycles. The van der Waals surface area contributed by atoms with E-state index in [9.17, 15) is 29.6 Å². The maximum absolute atomic E-state index is 12.8. The fraction of sp³-hybridized carbons (Fsp3) is 0.133. The number of imide groups is 2. The third-order valence-corrected chi connectivity index (χ3v) is 5.75. The smallest absolute Gasteiger partial charge is 0.230 e. The van der Waals surface area contributed by atoms with Crippen LogP contribution in [0.5, 0.6) is 0 Å². The van der Waals surface area contributed by atoms with Crippen molar-refractivity contribution in [3.8, 4) is 0 Å². The Hall–Kier alpha value is -4.86. The predicted molar refractivity (Wildman–Crippen MR) is 152 cm³/mol. The molecule has 0 aliphatic heterocycles. The Labute approximate surface area is 226 Å². The van der Waals surface area contributed by atoms with E-state index in [2.05, 4.69) is 0 Å². The molecule has 0 saturated heterocycles. The zero-order valence-corrected chi connectivity index (χ0v) is 22.0. The SMILES string of the molecule is CC(=O)N(C(C)=O)c1cc(N(C(C)=O)C(C)=O)c(C=Cc2ccccc2)c(N([O-])O)c1C=Cc1ccccc1. The van der Waals surface area contributed by atoms with E-state index in [0.717, 1.165) is 48.6 Å². The number of carbonyl (C=O) groups excluding carboxylic acids is 4. The zero-order valence-electron chi connectivity index (χ0n) is 22.0. The number of hydrogen-bond donors (Lipinski definition) is 1. The Morgan fingerprint density at radius 2 is 0.949 bits per heavy atom. The average Bonchev–Trinajstić information content (AvgIpc) is 2.87. The molecule has 0 radical (unpaired) electrons. The van der Waals surface area contributed by atoms with Gasteiger partial charge in [0.2, 0.25) is 23.6 Å². The van der Waals surface area contributed by atoms with Gasteiger partial charge in [-0.3, -0.25) is 34.2 Å². The van der Waals surface area contributed by atoms with Crippen molar-refractivity contribution in [2.75, 3.05) is 15.0 Å². The van der Waals surface area contributed by atoms with Gasteiger partial charge in [0.05, 0.1) is 17.1 Å². The van der Waals surface area contributed by atoms with Crippen molar-refractivity contribution >= 4 is 65.0 Å². The summed E-state index contributed by atoms with van der Waals surface area (Å²) in [4.78, 5) is 52.0. The lowest BCUT2D eigenvalue weighted by Gasteiger charge is -2.33. The first-order valence-electron chi connectivity index (χ1n) is 12.0. The number of hydrogen-bond acceptors (Lipinski definition) is 7. The Morgan fingerprint density at radius 1 is 0.615 bits per heavy atom. The Kier molecular flexibility index (Phi) is 9.27. The van der Waals surface area contributed by atoms with Crippen LogP contribution in [-0.4, -0.2) is 28.8 Å². The molecule has 0 fully saturated rings. The van der Waals surface area contributed by atoms with Crippen LogP contribution in [0, 0.1) is 5.21 Å². The third kappa shape index (κ3) is 6.72. The lowest BCUT2D eigenvalue weighted by Crippen LogP contribution is -2.36. The molecule has 3 aromatic carbocycles. The summed E-state index contributed by atoms with van der Waals surface area (Å²) in [7, 11) is 0. The molecule has 9 heteroatoms. The number of benzene rings is 3. The molecule has 0 unspecified atom stereocenters. The van der Waals surface area contributed by atoms with Gasteiger partial charge in [-0.05, 0) is 17.2 Å². The Balaban J connectivity index is 2.50. The summed E-state index contributed by atoms with van der Waals surface area (Å²) in [5.74, 6) is -2.69. The molecule has 0 saturated carbocycles. The highest BCUT2D eigenvalue weighted by Gasteiger charge is 2.29. The van der Waals surface area contributed by atoms with Crippen molar-refractivity contribution in [1.82, 2.24) is 0 Å². The molecular weight excluding hydrogens is 498 g/mol. The summed E-state index contributed by atoms with van der Waals surface area (Å²) in [6.45, 7) is 4.65. The molecule has 200 valence electrons. The molecule has 0 bridgehead atoms. The fourth-order valence-corrected chi connectivity index (χ4v) is 4.19. The van der Waals surface area contributed by atoms with E-state index in [1.165, 1.54) is 18.2 Å². The van der Waals surface area contributed by atoms with E-state index >= 15 is 0 Å². The fourth-order valence-electron chi connectivity index (χ4n) is 4.19. The van der Waals surface area contributed by atoms with Gasteiger partial charge >= 0.3 is 0 Å². The standard InChI is InChI=1S/C30H28N3O6/c1-20(34)31(21(2)35)28-19-29(32(22(3)36)23(4)37)27(18-16-25-13-9-6-10-14-25)30(33(38)39)26(28)17-15-24-11-7-5-8-12-24/h5-19,38H,1-4H3/q-1. The second-order valence-electron chi connectivity index (χ2n) is 8.60. The maximum atomic E-state index is 12.8. The summed E-state index contributed by atoms with van der Waals surface area (Å²) in [5, 5.41) is 22.7. The molecule has 0 aromatic heterocycles. The molecule has 0 heterocycles. The highest BCUT2D eigenvalue weighted by atomic mass is 16.8. The first-order valence-corrected chi connectivity index (χ1v) is 12.0. The Morgan fingerprint density at radius 3 is 1.23 bits per heavy atom. The van der Waals surface area contributed by atoms with Gasteiger partial charge in [0.1, 0.15) is 0 Å². The van der Waals surface area contributed by atoms with E-state index in [0.29, 0.717) is 0 Å². The quantitative estimate of drug-likeness (QED) is 0.318. The van der Waals surface area contributed by atoms with Gasteiger partial charge in [-0.1, -0.05) is 85.0 Å². The largest absolute Gasteiger partial charge is 0.733 e. The van der Waals surface area contributed by atoms with Gasteiger partial charge < -0.3 is 10.4 Å². The number of anilines is 3. The number of rotatable bonds is 7. The van der Waals surface area contributed by atoms with E-state index in [4.69, 9.17) is 0 Å². The average molecular weight is 527 g/mol. The van der Waals surface area contributed by atoms with Crippen LogP contribution >= 0.6 is 0 Å². The number of carbonyl (C=O) groups is 4. The topological polar surface area (TPSA) is 121 Å². The van der Waals surface area contributed by atoms with Gasteiger partial charge in [0.15, 0.2) is 0 Å². The van der Waals surface area contributed by atoms with Crippen molar-refractivity contribution < 1.29 is 24.4 Å². The molecule has 1 N–H and O–H groups in total. The minimum atomic E-state index is -0.672. The zero-order chi connectivity index (χ0) is 28.7. The first kappa shape index (κ1) is 28.7. The van der Waals surface area contributed by atoms with E-state index < -0.39 is 28.9 Å². The Bertz CT molecular complexity index is 1310. The van der Waals surface area contributed by atoms with Crippen molar-refractivity contribution in [3.63, 3.8) is 0 Å². The minimum absolute atomic E-state index is 0.0188. The van der Waals surface area contributed by atoms with Crippen LogP contribution in [0.4, 0.5) is 17.1 Å². The van der Waals surface area contributed by atoms with Crippen molar-refractivity contribution in [2.24, 2.45) is 0 Å². The second-order valence-corrected chi connectivity index (χ2v) is 8.60. The number of nitrogens with zero attached hydrogens (tertiary/aromatic N) is 3. The van der Waals surface area contributed by atoms with E-state index in [1.54, 1.807) is 60.7 Å². The van der Waals surface area contributed by atoms with Crippen LogP contribution in [0.15, 0.2) is 66.7 Å². The van der Waals surface area contributed by atoms with Crippen LogP contribution in [0.1, 0.15) is 49.9 Å². The first-order chi connectivity index (χ1) is 18.5. The minimum Gasteiger partial charge on any atom is -0.733 e. The monoisotopic (exact) mass is 526 g/mol. The molecule has 3 aromatic rings. The molecule has 3 rings (SSSR count). The van der Waals surface area contributed by atoms with Gasteiger partial charge in [-0.25, -0.2) is 0 Å². The van der Waals surface area contributed by atoms with Gasteiger partial charge in [-0.2, -0.15) is 0 Å². The van der Waals surface area contributed by atoms with Gasteiger partial charge in [0, 0.05) is 38.8 Å². The van der Waals surface area contributed by atoms with Crippen molar-refractivity contribution in [3.05, 3.63) is 94.2 Å². The van der Waals surface area contributed by atoms with Crippen molar-refractivity contribution in [1.29, 1.82) is 0 Å². The van der Waals surface area contributed by atoms with Crippen LogP contribution in [-0.2, 0) is 19.2 Å². The molecule has 0 atom stereocenters. The lowest BCUT2D eigenvalue weighted by atomic mass is 9.98. The van der Waals surface area contributed by atoms with Crippen LogP contribution in [0.3, 0.4) is 0 Å². The van der Waals surface area contributed by atoms with Gasteiger partial charge in [-0.15, -0.1) is 0 Å². The second kappa shape index (κ2) is 12.6. The van der Waals surface area contributed by atoms with E-state index in [-0.39, 0.29) is 28.2 Å². The number of amides is 4. The molecule has 9 nitrogen and oxygen atoms in total. The summed E-state index contributed by atoms with van der Waals surface area (Å²) in [6, 6.07) is 19.4. The van der Waals surface area contributed by atoms with Gasteiger partial charge in [0.25, 0.3) is 0 Å². The summed E-state index contributed by atoms with van der Waals surface area (Å²) in [5.41, 5.74) is 0.957. The molecular formula is C30H28N3O6-. The third-order valence-electron chi connectivity index (χ3n) is 5.75. The molecule has 0 aliphatic rings. The molecule has 39 heavy (non-hydrogen) atoms. The lowest BCUT2D eigenvalue weighted by molar-refractivity contribution is -0.125. The highest BCUT2D eigenvalue weighted by molar-refractivity contribution is 6.19. The molecule has 4 amide bonds. The summed E-state index contributed by atoms with van der Waals surface area (Å²) in [6.07, 6.45) is 6.25. The predicted octanol–water partition coefficient (Wildman–Crippen LogP) is 5.52. The van der Waals surface area contributed by atoms with E-state index in [1.807, 2.05) is 12.1 Å². The summed E-state index contributed by atoms with van der Waals surface area (Å²) < 4.78 is 0. The van der Waals surface area contributed by atoms with Crippen LogP contribution in [0.25, 0.3) is 24.3 Å². The summed E-state index contributed by atoms with van der Waals surface area (Å²) >= 11 is 0. The maximum Gasteiger partial charge on any atom is 0.230 e. The highest BCUT2D eigenvalue weighted by Crippen LogP contribution is 2.42. The van der Waals surface area contributed by atoms with Crippen molar-refractivity contribution in [2.45, 2.75) is 27.7 Å². The van der Waals surface area contributed by atoms with Crippen LogP contribution in [0.2, 0.25) is 0 Å².